The first-order chi connectivity index (χ1) is 10.3. The molecule has 1 aliphatic carbocycles. The van der Waals surface area contributed by atoms with Crippen LogP contribution < -0.4 is 10.5 Å². The number of nitrogens with zero attached hydrogens (tertiary/aromatic N) is 1. The first-order valence-electron chi connectivity index (χ1n) is 7.08. The van der Waals surface area contributed by atoms with Crippen LogP contribution in [0.3, 0.4) is 0 Å². The third kappa shape index (κ3) is 2.99. The number of fused-ring (bicyclic) bond motifs is 1. The summed E-state index contributed by atoms with van der Waals surface area (Å²) in [5, 5.41) is 11.7. The van der Waals surface area contributed by atoms with Crippen LogP contribution in [0, 0.1) is 0 Å². The molecule has 108 valence electrons. The van der Waals surface area contributed by atoms with Gasteiger partial charge in [0.25, 0.3) is 0 Å². The average Bonchev–Trinajstić information content (AvgIpc) is 3.00. The lowest BCUT2D eigenvalue weighted by atomic mass is 10.1. The molecule has 0 aliphatic heterocycles. The van der Waals surface area contributed by atoms with Crippen molar-refractivity contribution in [2.24, 2.45) is 10.9 Å². The second-order valence-corrected chi connectivity index (χ2v) is 5.26. The summed E-state index contributed by atoms with van der Waals surface area (Å²) in [5.74, 6) is 0.789. The molecule has 2 aromatic rings. The summed E-state index contributed by atoms with van der Waals surface area (Å²) in [6, 6.07) is 13.8. The summed E-state index contributed by atoms with van der Waals surface area (Å²) in [7, 11) is 0. The highest BCUT2D eigenvalue weighted by atomic mass is 16.5. The van der Waals surface area contributed by atoms with Crippen LogP contribution in [-0.4, -0.2) is 11.0 Å². The van der Waals surface area contributed by atoms with Crippen molar-refractivity contribution in [2.75, 3.05) is 0 Å². The summed E-state index contributed by atoms with van der Waals surface area (Å²) >= 11 is 0. The molecule has 0 bridgehead atoms. The normalized spacial score (nSPS) is 14.0. The minimum absolute atomic E-state index is 0.0815. The van der Waals surface area contributed by atoms with Crippen LogP contribution in [0.1, 0.15) is 28.7 Å². The van der Waals surface area contributed by atoms with Gasteiger partial charge in [-0.15, -0.1) is 0 Å². The monoisotopic (exact) mass is 282 g/mol. The number of benzene rings is 2. The summed E-state index contributed by atoms with van der Waals surface area (Å²) in [5.41, 5.74) is 10.3. The van der Waals surface area contributed by atoms with Gasteiger partial charge in [-0.3, -0.25) is 0 Å². The third-order valence-corrected chi connectivity index (χ3v) is 3.81. The highest BCUT2D eigenvalue weighted by molar-refractivity contribution is 5.97. The van der Waals surface area contributed by atoms with E-state index in [4.69, 9.17) is 15.7 Å². The number of hydrogen-bond acceptors (Lipinski definition) is 3. The molecule has 0 amide bonds. The van der Waals surface area contributed by atoms with Gasteiger partial charge in [0.2, 0.25) is 0 Å². The van der Waals surface area contributed by atoms with Crippen molar-refractivity contribution in [3.8, 4) is 5.75 Å². The van der Waals surface area contributed by atoms with Crippen molar-refractivity contribution in [3.05, 3.63) is 64.7 Å². The lowest BCUT2D eigenvalue weighted by molar-refractivity contribution is 0.306. The highest BCUT2D eigenvalue weighted by Crippen LogP contribution is 2.23. The Balaban J connectivity index is 1.70. The molecule has 0 unspecified atom stereocenters. The van der Waals surface area contributed by atoms with Gasteiger partial charge in [0.05, 0.1) is 0 Å². The molecule has 21 heavy (non-hydrogen) atoms. The Morgan fingerprint density at radius 3 is 2.86 bits per heavy atom. The van der Waals surface area contributed by atoms with E-state index in [1.807, 2.05) is 12.1 Å². The van der Waals surface area contributed by atoms with Gasteiger partial charge in [0, 0.05) is 5.56 Å². The summed E-state index contributed by atoms with van der Waals surface area (Å²) < 4.78 is 5.79. The summed E-state index contributed by atoms with van der Waals surface area (Å²) in [6.45, 7) is 0.521. The molecule has 4 nitrogen and oxygen atoms in total. The van der Waals surface area contributed by atoms with Crippen LogP contribution in [0.25, 0.3) is 0 Å². The van der Waals surface area contributed by atoms with Crippen LogP contribution in [0.15, 0.2) is 47.6 Å². The summed E-state index contributed by atoms with van der Waals surface area (Å²) in [6.07, 6.45) is 3.61. The molecule has 3 rings (SSSR count). The Hall–Kier alpha value is -2.49. The van der Waals surface area contributed by atoms with Crippen LogP contribution in [0.5, 0.6) is 5.75 Å². The van der Waals surface area contributed by atoms with Gasteiger partial charge >= 0.3 is 0 Å². The van der Waals surface area contributed by atoms with Crippen LogP contribution in [0.4, 0.5) is 0 Å². The number of rotatable bonds is 4. The van der Waals surface area contributed by atoms with E-state index < -0.39 is 0 Å². The number of amidine groups is 1. The zero-order chi connectivity index (χ0) is 14.7. The molecule has 0 saturated carbocycles. The topological polar surface area (TPSA) is 67.8 Å². The van der Waals surface area contributed by atoms with E-state index in [-0.39, 0.29) is 5.84 Å². The predicted octanol–water partition coefficient (Wildman–Crippen LogP) is 2.85. The van der Waals surface area contributed by atoms with Crippen LogP contribution >= 0.6 is 0 Å². The van der Waals surface area contributed by atoms with E-state index in [1.165, 1.54) is 36.0 Å². The molecule has 0 radical (unpaired) electrons. The van der Waals surface area contributed by atoms with E-state index in [9.17, 15) is 0 Å². The number of hydrogen-bond donors (Lipinski definition) is 2. The Bertz CT molecular complexity index is 680. The maximum Gasteiger partial charge on any atom is 0.170 e. The number of oxime groups is 1. The maximum absolute atomic E-state index is 8.70. The summed E-state index contributed by atoms with van der Waals surface area (Å²) in [4.78, 5) is 0. The van der Waals surface area contributed by atoms with Crippen molar-refractivity contribution in [3.63, 3.8) is 0 Å². The van der Waals surface area contributed by atoms with Gasteiger partial charge in [-0.1, -0.05) is 35.5 Å². The molecule has 0 saturated heterocycles. The smallest absolute Gasteiger partial charge is 0.170 e. The maximum atomic E-state index is 8.70. The third-order valence-electron chi connectivity index (χ3n) is 3.81. The molecular weight excluding hydrogens is 264 g/mol. The fourth-order valence-corrected chi connectivity index (χ4v) is 2.68. The quantitative estimate of drug-likeness (QED) is 0.392. The largest absolute Gasteiger partial charge is 0.489 e. The van der Waals surface area contributed by atoms with Crippen molar-refractivity contribution in [1.29, 1.82) is 0 Å². The van der Waals surface area contributed by atoms with Crippen LogP contribution in [0.2, 0.25) is 0 Å². The van der Waals surface area contributed by atoms with Gasteiger partial charge in [0.15, 0.2) is 5.84 Å². The van der Waals surface area contributed by atoms with Gasteiger partial charge in [-0.25, -0.2) is 0 Å². The first kappa shape index (κ1) is 13.5. The van der Waals surface area contributed by atoms with E-state index in [2.05, 4.69) is 23.4 Å². The Labute approximate surface area is 123 Å². The Kier molecular flexibility index (Phi) is 3.77. The van der Waals surface area contributed by atoms with Crippen molar-refractivity contribution in [1.82, 2.24) is 0 Å². The molecule has 4 heteroatoms. The first-order valence-corrected chi connectivity index (χ1v) is 7.08. The Morgan fingerprint density at radius 2 is 2.00 bits per heavy atom. The molecule has 3 N–H and O–H groups in total. The van der Waals surface area contributed by atoms with E-state index in [0.717, 1.165) is 0 Å². The average molecular weight is 282 g/mol. The number of nitrogens with two attached hydrogens (primary N) is 1. The van der Waals surface area contributed by atoms with E-state index in [0.29, 0.717) is 17.9 Å². The molecule has 0 atom stereocenters. The Morgan fingerprint density at radius 1 is 1.14 bits per heavy atom. The molecule has 2 aromatic carbocycles. The molecular formula is C17H18N2O2. The molecule has 0 spiro atoms. The van der Waals surface area contributed by atoms with Gasteiger partial charge in [0.1, 0.15) is 12.4 Å². The number of ether oxygens (including phenoxy) is 1. The molecule has 1 aliphatic rings. The molecule has 0 heterocycles. The van der Waals surface area contributed by atoms with E-state index in [1.54, 1.807) is 12.1 Å². The van der Waals surface area contributed by atoms with Gasteiger partial charge in [-0.2, -0.15) is 0 Å². The molecule has 0 fully saturated rings. The van der Waals surface area contributed by atoms with Crippen molar-refractivity contribution in [2.45, 2.75) is 25.9 Å². The fraction of sp³-hybridized carbons (Fsp3) is 0.235. The second kappa shape index (κ2) is 5.87. The number of aryl methyl sites for hydroxylation is 2. The fourth-order valence-electron chi connectivity index (χ4n) is 2.68. The van der Waals surface area contributed by atoms with E-state index >= 15 is 0 Å². The van der Waals surface area contributed by atoms with Gasteiger partial charge < -0.3 is 15.7 Å². The van der Waals surface area contributed by atoms with Crippen molar-refractivity contribution < 1.29 is 9.94 Å². The minimum atomic E-state index is 0.0815. The van der Waals surface area contributed by atoms with Crippen molar-refractivity contribution >= 4 is 5.84 Å². The van der Waals surface area contributed by atoms with Crippen LogP contribution in [-0.2, 0) is 19.4 Å². The van der Waals surface area contributed by atoms with Gasteiger partial charge in [-0.05, 0) is 48.1 Å². The SMILES string of the molecule is NC(=NO)c1cccc(OCc2ccc3c(c2)CCC3)c1. The zero-order valence-corrected chi connectivity index (χ0v) is 11.7. The lowest BCUT2D eigenvalue weighted by Crippen LogP contribution is -2.12. The zero-order valence-electron chi connectivity index (χ0n) is 11.7. The standard InChI is InChI=1S/C17H18N2O2/c18-17(19-20)15-5-2-6-16(10-15)21-11-12-7-8-13-3-1-4-14(13)9-12/h2,5-10,20H,1,3-4,11H2,(H2,18,19). The predicted molar refractivity (Wildman–Crippen MR) is 81.8 cm³/mol. The minimum Gasteiger partial charge on any atom is -0.489 e. The second-order valence-electron chi connectivity index (χ2n) is 5.26. The lowest BCUT2D eigenvalue weighted by Gasteiger charge is -2.09. The highest BCUT2D eigenvalue weighted by Gasteiger charge is 2.11. The molecule has 0 aromatic heterocycles.